The number of rotatable bonds is 4. The zero-order valence-corrected chi connectivity index (χ0v) is 22.6. The van der Waals surface area contributed by atoms with Gasteiger partial charge in [0, 0.05) is 45.3 Å². The molecule has 12 nitrogen and oxygen atoms in total. The first kappa shape index (κ1) is 26.3. The van der Waals surface area contributed by atoms with Gasteiger partial charge in [0.05, 0.1) is 32.6 Å². The van der Waals surface area contributed by atoms with E-state index >= 15 is 0 Å². The molecule has 12 heteroatoms. The Balaban J connectivity index is 1.59. The van der Waals surface area contributed by atoms with Crippen molar-refractivity contribution in [3.8, 4) is 33.8 Å². The summed E-state index contributed by atoms with van der Waals surface area (Å²) in [5.74, 6) is -0.982. The van der Waals surface area contributed by atoms with E-state index in [9.17, 15) is 30.4 Å². The fourth-order valence-corrected chi connectivity index (χ4v) is 5.35. The molecule has 5 aromatic rings. The molecule has 0 fully saturated rings. The van der Waals surface area contributed by atoms with Crippen molar-refractivity contribution in [1.29, 1.82) is 0 Å². The van der Waals surface area contributed by atoms with Gasteiger partial charge in [-0.2, -0.15) is 0 Å². The maximum absolute atomic E-state index is 11.4. The maximum Gasteiger partial charge on any atom is 0.310 e. The molecule has 2 aromatic carbocycles. The van der Waals surface area contributed by atoms with E-state index in [1.54, 1.807) is 24.3 Å². The highest BCUT2D eigenvalue weighted by atomic mass is 16.6. The maximum atomic E-state index is 11.4. The van der Waals surface area contributed by atoms with Crippen LogP contribution >= 0.6 is 0 Å². The highest BCUT2D eigenvalue weighted by Gasteiger charge is 2.20. The van der Waals surface area contributed by atoms with Gasteiger partial charge in [0.2, 0.25) is 0 Å². The number of aromatic hydroxyl groups is 2. The van der Waals surface area contributed by atoms with Crippen LogP contribution in [0.2, 0.25) is 0 Å². The Morgan fingerprint density at radius 2 is 1.02 bits per heavy atom. The molecule has 0 unspecified atom stereocenters. The van der Waals surface area contributed by atoms with Crippen LogP contribution < -0.4 is 0 Å². The first-order chi connectivity index (χ1) is 21.2. The van der Waals surface area contributed by atoms with E-state index in [1.165, 1.54) is 24.3 Å². The van der Waals surface area contributed by atoms with Crippen molar-refractivity contribution in [2.24, 2.45) is 0 Å². The first-order valence-corrected chi connectivity index (χ1v) is 13.3. The second kappa shape index (κ2) is 10.1. The molecule has 0 saturated carbocycles. The molecule has 0 amide bonds. The number of hydrogen-bond acceptors (Lipinski definition) is 8. The van der Waals surface area contributed by atoms with Crippen molar-refractivity contribution < 1.29 is 20.1 Å². The predicted octanol–water partition coefficient (Wildman–Crippen LogP) is 7.22. The molecule has 0 radical (unpaired) electrons. The van der Waals surface area contributed by atoms with E-state index in [0.717, 1.165) is 11.0 Å². The zero-order chi connectivity index (χ0) is 30.5. The number of fused-ring (bicyclic) bond motifs is 8. The van der Waals surface area contributed by atoms with E-state index in [2.05, 4.69) is 9.97 Å². The van der Waals surface area contributed by atoms with Crippen molar-refractivity contribution in [3.05, 3.63) is 116 Å². The van der Waals surface area contributed by atoms with Gasteiger partial charge in [0.25, 0.3) is 0 Å². The molecule has 214 valence electrons. The Labute approximate surface area is 247 Å². The van der Waals surface area contributed by atoms with E-state index in [-0.39, 0.29) is 0 Å². The van der Waals surface area contributed by atoms with Crippen molar-refractivity contribution >= 4 is 57.7 Å². The molecule has 44 heavy (non-hydrogen) atoms. The third kappa shape index (κ3) is 4.61. The summed E-state index contributed by atoms with van der Waals surface area (Å²) in [5, 5.41) is 43.7. The molecule has 2 aliphatic heterocycles. The summed E-state index contributed by atoms with van der Waals surface area (Å²) in [4.78, 5) is 37.8. The number of nitro benzene ring substituents is 2. The Morgan fingerprint density at radius 3 is 1.43 bits per heavy atom. The van der Waals surface area contributed by atoms with E-state index < -0.39 is 32.7 Å². The van der Waals surface area contributed by atoms with Crippen LogP contribution in [0.1, 0.15) is 22.8 Å². The normalized spacial score (nSPS) is 12.0. The molecular formula is C32H20N6O6. The summed E-state index contributed by atoms with van der Waals surface area (Å²) < 4.78 is 0. The lowest BCUT2D eigenvalue weighted by molar-refractivity contribution is -0.386. The molecular weight excluding hydrogens is 564 g/mol. The predicted molar refractivity (Wildman–Crippen MR) is 166 cm³/mol. The smallest absolute Gasteiger partial charge is 0.310 e. The number of phenolic OH excluding ortho intramolecular Hbond substituents is 2. The van der Waals surface area contributed by atoms with Crippen LogP contribution in [0.25, 0.3) is 68.6 Å². The molecule has 5 heterocycles. The van der Waals surface area contributed by atoms with Crippen LogP contribution in [0.3, 0.4) is 0 Å². The molecule has 7 rings (SSSR count). The summed E-state index contributed by atoms with van der Waals surface area (Å²) in [6, 6.07) is 19.4. The largest absolute Gasteiger partial charge is 0.502 e. The third-order valence-corrected chi connectivity index (χ3v) is 7.32. The molecule has 0 atom stereocenters. The number of aromatic amines is 2. The van der Waals surface area contributed by atoms with Crippen molar-refractivity contribution in [3.63, 3.8) is 0 Å². The van der Waals surface area contributed by atoms with E-state index in [1.807, 2.05) is 48.6 Å². The summed E-state index contributed by atoms with van der Waals surface area (Å²) >= 11 is 0. The number of benzene rings is 2. The van der Waals surface area contributed by atoms with Crippen LogP contribution in [0.5, 0.6) is 11.5 Å². The van der Waals surface area contributed by atoms with Crippen LogP contribution in [0, 0.1) is 20.2 Å². The van der Waals surface area contributed by atoms with Gasteiger partial charge in [-0.3, -0.25) is 20.2 Å². The van der Waals surface area contributed by atoms with E-state index in [0.29, 0.717) is 56.1 Å². The number of phenols is 2. The summed E-state index contributed by atoms with van der Waals surface area (Å²) in [5.41, 5.74) is 6.44. The minimum atomic E-state index is -0.659. The highest BCUT2D eigenvalue weighted by Crippen LogP contribution is 2.38. The van der Waals surface area contributed by atoms with Crippen LogP contribution in [-0.4, -0.2) is 40.0 Å². The fourth-order valence-electron chi connectivity index (χ4n) is 5.35. The standard InChI is InChI=1S/C32H20N6O6/c39-29-13-17(1-11-27(29)37(41)42)31-23-7-5-21(34-23)15-19-3-4-20(33-19)16-22-6-8-24(35-22)32(26-10-9-25(31)36-26)18-2-12-28(38(43)44)30(40)14-18/h1-16,33,36,39-40H. The van der Waals surface area contributed by atoms with Crippen molar-refractivity contribution in [1.82, 2.24) is 19.9 Å². The lowest BCUT2D eigenvalue weighted by Crippen LogP contribution is -1.91. The topological polar surface area (TPSA) is 184 Å². The Kier molecular flexibility index (Phi) is 6.03. The van der Waals surface area contributed by atoms with Crippen molar-refractivity contribution in [2.45, 2.75) is 0 Å². The average Bonchev–Trinajstić information content (AvgIpc) is 3.79. The fraction of sp³-hybridized carbons (Fsp3) is 0. The van der Waals surface area contributed by atoms with Crippen molar-refractivity contribution in [2.75, 3.05) is 0 Å². The van der Waals surface area contributed by atoms with Gasteiger partial charge in [0.1, 0.15) is 0 Å². The molecule has 0 aliphatic carbocycles. The molecule has 0 spiro atoms. The minimum absolute atomic E-state index is 0.426. The Hall–Kier alpha value is -6.56. The molecule has 2 aliphatic rings. The van der Waals surface area contributed by atoms with Crippen LogP contribution in [0.15, 0.2) is 72.8 Å². The number of aromatic nitrogens is 4. The van der Waals surface area contributed by atoms with Gasteiger partial charge in [0.15, 0.2) is 11.5 Å². The summed E-state index contributed by atoms with van der Waals surface area (Å²) in [6.07, 6.45) is 7.32. The van der Waals surface area contributed by atoms with Gasteiger partial charge in [-0.25, -0.2) is 9.97 Å². The van der Waals surface area contributed by atoms with Crippen LogP contribution in [-0.2, 0) is 0 Å². The van der Waals surface area contributed by atoms with Gasteiger partial charge < -0.3 is 20.2 Å². The van der Waals surface area contributed by atoms with Crippen LogP contribution in [0.4, 0.5) is 11.4 Å². The Bertz CT molecular complexity index is 2130. The Morgan fingerprint density at radius 1 is 0.568 bits per heavy atom. The molecule has 3 aromatic heterocycles. The number of nitrogens with one attached hydrogen (secondary N) is 2. The second-order valence-corrected chi connectivity index (χ2v) is 10.1. The lowest BCUT2D eigenvalue weighted by Gasteiger charge is -2.06. The average molecular weight is 585 g/mol. The van der Waals surface area contributed by atoms with Gasteiger partial charge in [-0.1, -0.05) is 0 Å². The van der Waals surface area contributed by atoms with Gasteiger partial charge >= 0.3 is 11.4 Å². The number of nitrogens with zero attached hydrogens (tertiary/aromatic N) is 4. The quantitative estimate of drug-likeness (QED) is 0.123. The molecule has 0 saturated heterocycles. The SMILES string of the molecule is O=[N+]([O-])c1ccc(-c2c3nc(cc4ccc(cc5nc(c(-c6ccc([N+](=O)[O-])c(O)c6)c6ccc2[nH]6)C=C5)[nH]4)C=C3)cc1O. The minimum Gasteiger partial charge on any atom is -0.502 e. The summed E-state index contributed by atoms with van der Waals surface area (Å²) in [6.45, 7) is 0. The monoisotopic (exact) mass is 584 g/mol. The number of nitro groups is 2. The lowest BCUT2D eigenvalue weighted by atomic mass is 10.0. The number of hydrogen-bond donors (Lipinski definition) is 4. The molecule has 8 bridgehead atoms. The molecule has 4 N–H and O–H groups in total. The second-order valence-electron chi connectivity index (χ2n) is 10.1. The highest BCUT2D eigenvalue weighted by molar-refractivity contribution is 5.95. The zero-order valence-electron chi connectivity index (χ0n) is 22.6. The van der Waals surface area contributed by atoms with Gasteiger partial charge in [-0.05, 0) is 96.1 Å². The van der Waals surface area contributed by atoms with Gasteiger partial charge in [-0.15, -0.1) is 0 Å². The third-order valence-electron chi connectivity index (χ3n) is 7.32. The van der Waals surface area contributed by atoms with E-state index in [4.69, 9.17) is 9.97 Å². The summed E-state index contributed by atoms with van der Waals surface area (Å²) in [7, 11) is 0. The number of H-pyrrole nitrogens is 2. The first-order valence-electron chi connectivity index (χ1n) is 13.3.